The van der Waals surface area contributed by atoms with Crippen molar-refractivity contribution in [3.8, 4) is 5.75 Å². The summed E-state index contributed by atoms with van der Waals surface area (Å²) in [5.74, 6) is 1.90. The largest absolute Gasteiger partial charge is 0.484 e. The molecule has 2 heterocycles. The molecule has 1 aliphatic rings. The SMILES string of the molecule is CC(C)c1noc(C2CCN(C(=O)COc3ccc(F)cc3)CC2)n1. The fraction of sp³-hybridized carbons (Fsp3) is 0.500. The lowest BCUT2D eigenvalue weighted by Gasteiger charge is -2.30. The van der Waals surface area contributed by atoms with Gasteiger partial charge in [-0.25, -0.2) is 4.39 Å². The monoisotopic (exact) mass is 347 g/mol. The minimum atomic E-state index is -0.331. The number of amides is 1. The smallest absolute Gasteiger partial charge is 0.260 e. The van der Waals surface area contributed by atoms with Crippen LogP contribution in [-0.2, 0) is 4.79 Å². The van der Waals surface area contributed by atoms with Gasteiger partial charge in [0.1, 0.15) is 11.6 Å². The van der Waals surface area contributed by atoms with Crippen LogP contribution in [0.2, 0.25) is 0 Å². The average Bonchev–Trinajstić information content (AvgIpc) is 3.11. The molecule has 7 heteroatoms. The predicted molar refractivity (Wildman–Crippen MR) is 88.8 cm³/mol. The molecule has 134 valence electrons. The molecule has 1 saturated heterocycles. The highest BCUT2D eigenvalue weighted by Gasteiger charge is 2.27. The molecule has 1 fully saturated rings. The van der Waals surface area contributed by atoms with E-state index in [-0.39, 0.29) is 30.2 Å². The van der Waals surface area contributed by atoms with Gasteiger partial charge in [-0.3, -0.25) is 4.79 Å². The van der Waals surface area contributed by atoms with Gasteiger partial charge in [-0.05, 0) is 37.1 Å². The van der Waals surface area contributed by atoms with Crippen LogP contribution < -0.4 is 4.74 Å². The van der Waals surface area contributed by atoms with Crippen LogP contribution in [0.1, 0.15) is 50.2 Å². The molecule has 0 N–H and O–H groups in total. The summed E-state index contributed by atoms with van der Waals surface area (Å²) in [7, 11) is 0. The molecule has 1 aromatic carbocycles. The van der Waals surface area contributed by atoms with Gasteiger partial charge in [0.25, 0.3) is 5.91 Å². The van der Waals surface area contributed by atoms with E-state index in [9.17, 15) is 9.18 Å². The summed E-state index contributed by atoms with van der Waals surface area (Å²) in [5, 5.41) is 4.00. The minimum Gasteiger partial charge on any atom is -0.484 e. The zero-order chi connectivity index (χ0) is 17.8. The molecule has 25 heavy (non-hydrogen) atoms. The molecule has 0 atom stereocenters. The summed E-state index contributed by atoms with van der Waals surface area (Å²) in [6.45, 7) is 5.27. The number of ether oxygens (including phenoxy) is 1. The third-order valence-corrected chi connectivity index (χ3v) is 4.35. The Morgan fingerprint density at radius 3 is 2.60 bits per heavy atom. The Labute approximate surface area is 146 Å². The average molecular weight is 347 g/mol. The van der Waals surface area contributed by atoms with Crippen LogP contribution in [0.25, 0.3) is 0 Å². The first-order valence-corrected chi connectivity index (χ1v) is 8.52. The summed E-state index contributed by atoms with van der Waals surface area (Å²) in [4.78, 5) is 18.5. The van der Waals surface area contributed by atoms with Gasteiger partial charge in [-0.1, -0.05) is 19.0 Å². The van der Waals surface area contributed by atoms with Gasteiger partial charge in [0.05, 0.1) is 0 Å². The van der Waals surface area contributed by atoms with Gasteiger partial charge >= 0.3 is 0 Å². The van der Waals surface area contributed by atoms with Gasteiger partial charge in [0.2, 0.25) is 5.89 Å². The predicted octanol–water partition coefficient (Wildman–Crippen LogP) is 3.12. The van der Waals surface area contributed by atoms with Crippen LogP contribution in [0.3, 0.4) is 0 Å². The summed E-state index contributed by atoms with van der Waals surface area (Å²) in [6.07, 6.45) is 1.59. The molecule has 6 nitrogen and oxygen atoms in total. The summed E-state index contributed by atoms with van der Waals surface area (Å²) < 4.78 is 23.6. The van der Waals surface area contributed by atoms with Gasteiger partial charge in [-0.2, -0.15) is 4.98 Å². The highest BCUT2D eigenvalue weighted by molar-refractivity contribution is 5.77. The number of piperidine rings is 1. The maximum absolute atomic E-state index is 12.9. The van der Waals surface area contributed by atoms with E-state index in [1.165, 1.54) is 24.3 Å². The van der Waals surface area contributed by atoms with Crippen LogP contribution >= 0.6 is 0 Å². The van der Waals surface area contributed by atoms with Gasteiger partial charge < -0.3 is 14.2 Å². The number of hydrogen-bond acceptors (Lipinski definition) is 5. The van der Waals surface area contributed by atoms with Crippen LogP contribution in [0.5, 0.6) is 5.75 Å². The van der Waals surface area contributed by atoms with E-state index in [0.717, 1.165) is 18.7 Å². The van der Waals surface area contributed by atoms with Crippen molar-refractivity contribution in [3.63, 3.8) is 0 Å². The van der Waals surface area contributed by atoms with E-state index in [2.05, 4.69) is 10.1 Å². The lowest BCUT2D eigenvalue weighted by atomic mass is 9.96. The minimum absolute atomic E-state index is 0.0473. The van der Waals surface area contributed by atoms with Crippen LogP contribution in [0.15, 0.2) is 28.8 Å². The Kier molecular flexibility index (Phi) is 5.31. The second-order valence-electron chi connectivity index (χ2n) is 6.54. The molecule has 1 aromatic heterocycles. The number of benzene rings is 1. The lowest BCUT2D eigenvalue weighted by molar-refractivity contribution is -0.134. The molecule has 3 rings (SSSR count). The van der Waals surface area contributed by atoms with Crippen molar-refractivity contribution >= 4 is 5.91 Å². The van der Waals surface area contributed by atoms with Crippen molar-refractivity contribution < 1.29 is 18.4 Å². The van der Waals surface area contributed by atoms with Crippen molar-refractivity contribution in [2.45, 2.75) is 38.5 Å². The topological polar surface area (TPSA) is 68.5 Å². The third-order valence-electron chi connectivity index (χ3n) is 4.35. The Hall–Kier alpha value is -2.44. The number of halogens is 1. The van der Waals surface area contributed by atoms with Gasteiger partial charge in [-0.15, -0.1) is 0 Å². The summed E-state index contributed by atoms with van der Waals surface area (Å²) >= 11 is 0. The number of hydrogen-bond donors (Lipinski definition) is 0. The molecule has 0 unspecified atom stereocenters. The number of likely N-dealkylation sites (tertiary alicyclic amines) is 1. The third kappa shape index (κ3) is 4.35. The van der Waals surface area contributed by atoms with Crippen LogP contribution in [0, 0.1) is 5.82 Å². The van der Waals surface area contributed by atoms with Gasteiger partial charge in [0.15, 0.2) is 12.4 Å². The highest BCUT2D eigenvalue weighted by atomic mass is 19.1. The van der Waals surface area contributed by atoms with Crippen molar-refractivity contribution in [1.29, 1.82) is 0 Å². The zero-order valence-corrected chi connectivity index (χ0v) is 14.4. The van der Waals surface area contributed by atoms with Crippen molar-refractivity contribution in [2.24, 2.45) is 0 Å². The first-order valence-electron chi connectivity index (χ1n) is 8.52. The van der Waals surface area contributed by atoms with E-state index in [1.54, 1.807) is 4.90 Å². The van der Waals surface area contributed by atoms with E-state index in [1.807, 2.05) is 13.8 Å². The zero-order valence-electron chi connectivity index (χ0n) is 14.4. The number of carbonyl (C=O) groups excluding carboxylic acids is 1. The molecule has 0 aliphatic carbocycles. The Balaban J connectivity index is 1.47. The van der Waals surface area contributed by atoms with E-state index in [4.69, 9.17) is 9.26 Å². The number of aromatic nitrogens is 2. The standard InChI is InChI=1S/C18H22FN3O3/c1-12(2)17-20-18(25-21-17)13-7-9-22(10-8-13)16(23)11-24-15-5-3-14(19)4-6-15/h3-6,12-13H,7-11H2,1-2H3. The molecule has 0 radical (unpaired) electrons. The van der Waals surface area contributed by atoms with Crippen LogP contribution in [-0.4, -0.2) is 40.6 Å². The van der Waals surface area contributed by atoms with Gasteiger partial charge in [0, 0.05) is 24.9 Å². The maximum atomic E-state index is 12.9. The van der Waals surface area contributed by atoms with Crippen LogP contribution in [0.4, 0.5) is 4.39 Å². The molecule has 0 spiro atoms. The first kappa shape index (κ1) is 17.4. The van der Waals surface area contributed by atoms with E-state index < -0.39 is 0 Å². The quantitative estimate of drug-likeness (QED) is 0.831. The Morgan fingerprint density at radius 1 is 1.32 bits per heavy atom. The maximum Gasteiger partial charge on any atom is 0.260 e. The van der Waals surface area contributed by atoms with E-state index >= 15 is 0 Å². The molecule has 0 bridgehead atoms. The second-order valence-corrected chi connectivity index (χ2v) is 6.54. The molecule has 1 aliphatic heterocycles. The molecule has 1 amide bonds. The number of carbonyl (C=O) groups is 1. The van der Waals surface area contributed by atoms with Crippen molar-refractivity contribution in [2.75, 3.05) is 19.7 Å². The Morgan fingerprint density at radius 2 is 2.00 bits per heavy atom. The summed E-state index contributed by atoms with van der Waals surface area (Å²) in [5.41, 5.74) is 0. The lowest BCUT2D eigenvalue weighted by Crippen LogP contribution is -2.40. The van der Waals surface area contributed by atoms with E-state index in [0.29, 0.717) is 24.7 Å². The normalized spacial score (nSPS) is 15.6. The highest BCUT2D eigenvalue weighted by Crippen LogP contribution is 2.27. The number of nitrogens with zero attached hydrogens (tertiary/aromatic N) is 3. The molecular formula is C18H22FN3O3. The fourth-order valence-corrected chi connectivity index (χ4v) is 2.79. The summed E-state index contributed by atoms with van der Waals surface area (Å²) in [6, 6.07) is 5.63. The Bertz CT molecular complexity index is 707. The number of rotatable bonds is 5. The molecule has 2 aromatic rings. The molecule has 0 saturated carbocycles. The fourth-order valence-electron chi connectivity index (χ4n) is 2.79. The molecular weight excluding hydrogens is 325 g/mol. The second kappa shape index (κ2) is 7.63. The van der Waals surface area contributed by atoms with Crippen molar-refractivity contribution in [1.82, 2.24) is 15.0 Å². The first-order chi connectivity index (χ1) is 12.0. The van der Waals surface area contributed by atoms with Crippen molar-refractivity contribution in [3.05, 3.63) is 41.8 Å².